The van der Waals surface area contributed by atoms with Gasteiger partial charge in [-0.15, -0.1) is 0 Å². The van der Waals surface area contributed by atoms with Crippen molar-refractivity contribution in [3.8, 4) is 5.75 Å². The number of ether oxygens (including phenoxy) is 1. The van der Waals surface area contributed by atoms with Crippen molar-refractivity contribution >= 4 is 17.5 Å². The Kier molecular flexibility index (Phi) is 6.24. The first-order valence-electron chi connectivity index (χ1n) is 10.0. The number of piperidine rings is 1. The third-order valence-corrected chi connectivity index (χ3v) is 6.00. The molecular formula is C21H31N3O3. The first kappa shape index (κ1) is 19.5. The molecule has 148 valence electrons. The Hall–Kier alpha value is -2.24. The van der Waals surface area contributed by atoms with Crippen LogP contribution in [0.1, 0.15) is 44.9 Å². The molecule has 1 saturated carbocycles. The van der Waals surface area contributed by atoms with Gasteiger partial charge in [0.2, 0.25) is 11.8 Å². The van der Waals surface area contributed by atoms with Gasteiger partial charge in [-0.05, 0) is 37.8 Å². The highest BCUT2D eigenvalue weighted by atomic mass is 16.5. The van der Waals surface area contributed by atoms with Crippen LogP contribution in [-0.2, 0) is 9.59 Å². The lowest BCUT2D eigenvalue weighted by atomic mass is 9.84. The van der Waals surface area contributed by atoms with Crippen LogP contribution in [0.3, 0.4) is 0 Å². The van der Waals surface area contributed by atoms with Gasteiger partial charge in [0.25, 0.3) is 0 Å². The molecule has 0 spiro atoms. The Balaban J connectivity index is 1.69. The Morgan fingerprint density at radius 3 is 2.48 bits per heavy atom. The Morgan fingerprint density at radius 2 is 1.85 bits per heavy atom. The van der Waals surface area contributed by atoms with Gasteiger partial charge in [-0.1, -0.05) is 25.3 Å². The molecule has 0 unspecified atom stereocenters. The number of rotatable bonds is 5. The second-order valence-electron chi connectivity index (χ2n) is 7.68. The molecule has 2 fully saturated rings. The second-order valence-corrected chi connectivity index (χ2v) is 7.68. The number of likely N-dealkylation sites (tertiary alicyclic amines) is 1. The lowest BCUT2D eigenvalue weighted by Crippen LogP contribution is -2.59. The third kappa shape index (κ3) is 4.37. The number of nitrogens with zero attached hydrogens (tertiary/aromatic N) is 1. The minimum absolute atomic E-state index is 0.0323. The molecule has 27 heavy (non-hydrogen) atoms. The zero-order valence-corrected chi connectivity index (χ0v) is 16.4. The van der Waals surface area contributed by atoms with Crippen molar-refractivity contribution < 1.29 is 14.3 Å². The SMILES string of the molecule is CNC(=O)C1(Nc2cccc(OC)c2)CCN(C(=O)C2CCCCC2)CC1. The molecule has 1 heterocycles. The molecule has 2 amide bonds. The number of anilines is 1. The summed E-state index contributed by atoms with van der Waals surface area (Å²) in [5.74, 6) is 1.17. The summed E-state index contributed by atoms with van der Waals surface area (Å²) >= 11 is 0. The summed E-state index contributed by atoms with van der Waals surface area (Å²) in [5.41, 5.74) is 0.148. The van der Waals surface area contributed by atoms with Crippen molar-refractivity contribution in [2.45, 2.75) is 50.5 Å². The molecule has 0 radical (unpaired) electrons. The molecule has 1 saturated heterocycles. The number of carbonyl (C=O) groups excluding carboxylic acids is 2. The number of nitrogens with one attached hydrogen (secondary N) is 2. The van der Waals surface area contributed by atoms with E-state index in [0.29, 0.717) is 25.9 Å². The molecular weight excluding hydrogens is 342 g/mol. The van der Waals surface area contributed by atoms with E-state index in [1.165, 1.54) is 6.42 Å². The topological polar surface area (TPSA) is 70.7 Å². The van der Waals surface area contributed by atoms with Crippen LogP contribution in [0.2, 0.25) is 0 Å². The highest BCUT2D eigenvalue weighted by Gasteiger charge is 2.42. The van der Waals surface area contributed by atoms with E-state index in [4.69, 9.17) is 4.74 Å². The number of benzene rings is 1. The summed E-state index contributed by atoms with van der Waals surface area (Å²) in [7, 11) is 3.29. The number of likely N-dealkylation sites (N-methyl/N-ethyl adjacent to an activating group) is 1. The smallest absolute Gasteiger partial charge is 0.245 e. The van der Waals surface area contributed by atoms with Crippen LogP contribution < -0.4 is 15.4 Å². The molecule has 1 aromatic rings. The lowest BCUT2D eigenvalue weighted by molar-refractivity contribution is -0.140. The predicted molar refractivity (Wildman–Crippen MR) is 106 cm³/mol. The fourth-order valence-corrected chi connectivity index (χ4v) is 4.34. The molecule has 3 rings (SSSR count). The van der Waals surface area contributed by atoms with Gasteiger partial charge < -0.3 is 20.3 Å². The van der Waals surface area contributed by atoms with Crippen molar-refractivity contribution in [2.75, 3.05) is 32.6 Å². The van der Waals surface area contributed by atoms with E-state index >= 15 is 0 Å². The van der Waals surface area contributed by atoms with Gasteiger partial charge in [0.15, 0.2) is 0 Å². The Morgan fingerprint density at radius 1 is 1.15 bits per heavy atom. The average molecular weight is 373 g/mol. The third-order valence-electron chi connectivity index (χ3n) is 6.00. The average Bonchev–Trinajstić information content (AvgIpc) is 2.74. The minimum Gasteiger partial charge on any atom is -0.497 e. The molecule has 1 aliphatic carbocycles. The van der Waals surface area contributed by atoms with Gasteiger partial charge in [-0.2, -0.15) is 0 Å². The van der Waals surface area contributed by atoms with E-state index < -0.39 is 5.54 Å². The van der Waals surface area contributed by atoms with Gasteiger partial charge in [0, 0.05) is 37.8 Å². The van der Waals surface area contributed by atoms with E-state index in [1.807, 2.05) is 29.2 Å². The normalized spacial score (nSPS) is 20.0. The molecule has 6 nitrogen and oxygen atoms in total. The maximum Gasteiger partial charge on any atom is 0.245 e. The quantitative estimate of drug-likeness (QED) is 0.833. The zero-order chi connectivity index (χ0) is 19.3. The van der Waals surface area contributed by atoms with E-state index in [-0.39, 0.29) is 17.7 Å². The molecule has 1 aliphatic heterocycles. The number of methoxy groups -OCH3 is 1. The summed E-state index contributed by atoms with van der Waals surface area (Å²) in [5, 5.41) is 6.22. The molecule has 0 aromatic heterocycles. The summed E-state index contributed by atoms with van der Waals surface area (Å²) in [6.07, 6.45) is 6.78. The van der Waals surface area contributed by atoms with Crippen LogP contribution in [0.25, 0.3) is 0 Å². The van der Waals surface area contributed by atoms with Crippen LogP contribution in [0.4, 0.5) is 5.69 Å². The first-order valence-corrected chi connectivity index (χ1v) is 10.0. The highest BCUT2D eigenvalue weighted by Crippen LogP contribution is 2.31. The summed E-state index contributed by atoms with van der Waals surface area (Å²) in [6, 6.07) is 7.61. The Labute approximate surface area is 161 Å². The summed E-state index contributed by atoms with van der Waals surface area (Å²) in [4.78, 5) is 27.5. The highest BCUT2D eigenvalue weighted by molar-refractivity contribution is 5.90. The largest absolute Gasteiger partial charge is 0.497 e. The van der Waals surface area contributed by atoms with E-state index in [2.05, 4.69) is 10.6 Å². The maximum atomic E-state index is 12.8. The van der Waals surface area contributed by atoms with Gasteiger partial charge in [0.1, 0.15) is 11.3 Å². The summed E-state index contributed by atoms with van der Waals surface area (Å²) in [6.45, 7) is 1.22. The van der Waals surface area contributed by atoms with Crippen molar-refractivity contribution in [3.63, 3.8) is 0 Å². The van der Waals surface area contributed by atoms with Crippen molar-refractivity contribution in [1.82, 2.24) is 10.2 Å². The van der Waals surface area contributed by atoms with Gasteiger partial charge >= 0.3 is 0 Å². The molecule has 6 heteroatoms. The van der Waals surface area contributed by atoms with Crippen LogP contribution in [0, 0.1) is 5.92 Å². The molecule has 0 bridgehead atoms. The Bertz CT molecular complexity index is 662. The van der Waals surface area contributed by atoms with Gasteiger partial charge in [0.05, 0.1) is 7.11 Å². The van der Waals surface area contributed by atoms with Gasteiger partial charge in [-0.25, -0.2) is 0 Å². The van der Waals surface area contributed by atoms with E-state index in [9.17, 15) is 9.59 Å². The van der Waals surface area contributed by atoms with E-state index in [0.717, 1.165) is 37.1 Å². The number of carbonyl (C=O) groups is 2. The maximum absolute atomic E-state index is 12.8. The minimum atomic E-state index is -0.704. The van der Waals surface area contributed by atoms with Crippen LogP contribution in [0.5, 0.6) is 5.75 Å². The van der Waals surface area contributed by atoms with Crippen LogP contribution in [-0.4, -0.2) is 49.5 Å². The second kappa shape index (κ2) is 8.63. The predicted octanol–water partition coefficient (Wildman–Crippen LogP) is 2.79. The summed E-state index contributed by atoms with van der Waals surface area (Å²) < 4.78 is 5.29. The number of amides is 2. The first-order chi connectivity index (χ1) is 13.1. The number of hydrogen-bond donors (Lipinski definition) is 2. The van der Waals surface area contributed by atoms with Crippen LogP contribution in [0.15, 0.2) is 24.3 Å². The lowest BCUT2D eigenvalue weighted by Gasteiger charge is -2.42. The standard InChI is InChI=1S/C21H31N3O3/c1-22-20(26)21(23-17-9-6-10-18(15-17)27-2)11-13-24(14-12-21)19(25)16-7-4-3-5-8-16/h6,9-10,15-16,23H,3-5,7-8,11-14H2,1-2H3,(H,22,26). The number of hydrogen-bond acceptors (Lipinski definition) is 4. The molecule has 2 aliphatic rings. The molecule has 1 aromatic carbocycles. The molecule has 2 N–H and O–H groups in total. The fraction of sp³-hybridized carbons (Fsp3) is 0.619. The van der Waals surface area contributed by atoms with Crippen molar-refractivity contribution in [1.29, 1.82) is 0 Å². The van der Waals surface area contributed by atoms with Gasteiger partial charge in [-0.3, -0.25) is 9.59 Å². The van der Waals surface area contributed by atoms with Crippen LogP contribution >= 0.6 is 0 Å². The van der Waals surface area contributed by atoms with E-state index in [1.54, 1.807) is 14.2 Å². The molecule has 0 atom stereocenters. The van der Waals surface area contributed by atoms with Crippen molar-refractivity contribution in [2.24, 2.45) is 5.92 Å². The zero-order valence-electron chi connectivity index (χ0n) is 16.4. The fourth-order valence-electron chi connectivity index (χ4n) is 4.34. The van der Waals surface area contributed by atoms with Crippen molar-refractivity contribution in [3.05, 3.63) is 24.3 Å². The monoisotopic (exact) mass is 373 g/mol.